The fraction of sp³-hybridized carbons (Fsp3) is 0.235. The number of carbonyl (C=O) groups excluding carboxylic acids is 2. The molecule has 0 amide bonds. The first-order valence-electron chi connectivity index (χ1n) is 6.78. The Morgan fingerprint density at radius 1 is 1.27 bits per heavy atom. The van der Waals surface area contributed by atoms with E-state index in [0.717, 1.165) is 11.1 Å². The van der Waals surface area contributed by atoms with Crippen LogP contribution in [0.5, 0.6) is 0 Å². The molecule has 0 bridgehead atoms. The summed E-state index contributed by atoms with van der Waals surface area (Å²) < 4.78 is 12.8. The van der Waals surface area contributed by atoms with Crippen LogP contribution in [0.1, 0.15) is 27.2 Å². The lowest BCUT2D eigenvalue weighted by atomic mass is 9.94. The van der Waals surface area contributed by atoms with E-state index in [4.69, 9.17) is 5.26 Å². The largest absolute Gasteiger partial charge is 0.298 e. The number of hydrogen-bond acceptors (Lipinski definition) is 4. The summed E-state index contributed by atoms with van der Waals surface area (Å²) in [5.74, 6) is -2.44. The van der Waals surface area contributed by atoms with Crippen LogP contribution in [0.4, 0.5) is 4.39 Å². The smallest absolute Gasteiger partial charge is 0.197 e. The zero-order valence-corrected chi connectivity index (χ0v) is 12.8. The minimum Gasteiger partial charge on any atom is -0.298 e. The number of nitrogens with zero attached hydrogens (tertiary/aromatic N) is 1. The molecular weight excluding hydrogens is 301 g/mol. The van der Waals surface area contributed by atoms with Gasteiger partial charge < -0.3 is 0 Å². The summed E-state index contributed by atoms with van der Waals surface area (Å²) in [5, 5.41) is 10.9. The highest BCUT2D eigenvalue weighted by molar-refractivity contribution is 7.12. The summed E-state index contributed by atoms with van der Waals surface area (Å²) in [7, 11) is 0. The zero-order valence-electron chi connectivity index (χ0n) is 12.0. The molecule has 1 aromatic carbocycles. The highest BCUT2D eigenvalue weighted by atomic mass is 32.1. The Kier molecular flexibility index (Phi) is 5.18. The Morgan fingerprint density at radius 2 is 1.95 bits per heavy atom. The van der Waals surface area contributed by atoms with Gasteiger partial charge in [-0.1, -0.05) is 12.1 Å². The topological polar surface area (TPSA) is 57.9 Å². The van der Waals surface area contributed by atoms with Gasteiger partial charge in [-0.2, -0.15) is 5.26 Å². The van der Waals surface area contributed by atoms with Crippen LogP contribution < -0.4 is 0 Å². The summed E-state index contributed by atoms with van der Waals surface area (Å²) in [5.41, 5.74) is 1.58. The number of benzene rings is 1. The Hall–Kier alpha value is -2.32. The van der Waals surface area contributed by atoms with Crippen LogP contribution in [0.3, 0.4) is 0 Å². The maximum Gasteiger partial charge on any atom is 0.197 e. The molecular formula is C17H14FNO2S. The van der Waals surface area contributed by atoms with Crippen molar-refractivity contribution in [2.75, 3.05) is 0 Å². The summed E-state index contributed by atoms with van der Waals surface area (Å²) in [4.78, 5) is 24.9. The highest BCUT2D eigenvalue weighted by Crippen LogP contribution is 2.21. The summed E-state index contributed by atoms with van der Waals surface area (Å²) in [6.45, 7) is 1.78. The second-order valence-electron chi connectivity index (χ2n) is 4.95. The van der Waals surface area contributed by atoms with Gasteiger partial charge in [-0.15, -0.1) is 11.3 Å². The van der Waals surface area contributed by atoms with E-state index in [9.17, 15) is 14.0 Å². The molecule has 1 atom stereocenters. The normalized spacial score (nSPS) is 11.7. The Morgan fingerprint density at radius 3 is 2.50 bits per heavy atom. The van der Waals surface area contributed by atoms with Crippen LogP contribution in [-0.2, 0) is 11.2 Å². The predicted molar refractivity (Wildman–Crippen MR) is 82.2 cm³/mol. The number of thiophene rings is 1. The zero-order chi connectivity index (χ0) is 16.1. The minimum atomic E-state index is -1.27. The molecule has 0 fully saturated rings. The van der Waals surface area contributed by atoms with E-state index < -0.39 is 17.5 Å². The highest BCUT2D eigenvalue weighted by Gasteiger charge is 2.28. The van der Waals surface area contributed by atoms with Gasteiger partial charge in [0.15, 0.2) is 17.5 Å². The molecule has 1 aromatic heterocycles. The molecule has 0 radical (unpaired) electrons. The van der Waals surface area contributed by atoms with Gasteiger partial charge in [-0.05, 0) is 48.1 Å². The molecule has 0 spiro atoms. The lowest BCUT2D eigenvalue weighted by Gasteiger charge is -2.07. The number of hydrogen-bond donors (Lipinski definition) is 0. The maximum atomic E-state index is 12.8. The van der Waals surface area contributed by atoms with Crippen molar-refractivity contribution in [2.24, 2.45) is 5.92 Å². The number of carbonyl (C=O) groups is 2. The number of aryl methyl sites for hydroxylation is 2. The van der Waals surface area contributed by atoms with E-state index >= 15 is 0 Å². The molecule has 2 aromatic rings. The third-order valence-electron chi connectivity index (χ3n) is 3.37. The van der Waals surface area contributed by atoms with Gasteiger partial charge >= 0.3 is 0 Å². The van der Waals surface area contributed by atoms with Crippen LogP contribution in [0.15, 0.2) is 35.7 Å². The molecule has 0 saturated heterocycles. The Balaban J connectivity index is 2.03. The third kappa shape index (κ3) is 3.66. The summed E-state index contributed by atoms with van der Waals surface area (Å²) >= 11 is 1.24. The number of halogens is 1. The van der Waals surface area contributed by atoms with Gasteiger partial charge in [0.05, 0.1) is 10.9 Å². The summed E-state index contributed by atoms with van der Waals surface area (Å²) in [6.07, 6.45) is 0.466. The van der Waals surface area contributed by atoms with E-state index in [1.807, 2.05) is 6.07 Å². The molecule has 1 heterocycles. The van der Waals surface area contributed by atoms with Crippen LogP contribution in [0.2, 0.25) is 0 Å². The van der Waals surface area contributed by atoms with E-state index in [0.29, 0.717) is 11.3 Å². The van der Waals surface area contributed by atoms with Crippen LogP contribution >= 0.6 is 11.3 Å². The van der Waals surface area contributed by atoms with Gasteiger partial charge in [0.2, 0.25) is 0 Å². The molecule has 3 nitrogen and oxygen atoms in total. The standard InChI is InChI=1S/C17H14FNO2S/c1-11-8-9-22-17(11)16(21)14(10-19)15(20)7-4-12-2-5-13(18)6-3-12/h2-3,5-6,8-9,14H,4,7H2,1H3/t14-/m1/s1. The van der Waals surface area contributed by atoms with E-state index in [2.05, 4.69) is 0 Å². The maximum absolute atomic E-state index is 12.8. The van der Waals surface area contributed by atoms with Crippen molar-refractivity contribution in [1.82, 2.24) is 0 Å². The first-order chi connectivity index (χ1) is 10.5. The second-order valence-corrected chi connectivity index (χ2v) is 5.87. The van der Waals surface area contributed by atoms with Crippen molar-refractivity contribution < 1.29 is 14.0 Å². The average Bonchev–Trinajstić information content (AvgIpc) is 2.93. The predicted octanol–water partition coefficient (Wildman–Crippen LogP) is 3.72. The quantitative estimate of drug-likeness (QED) is 0.603. The molecule has 2 rings (SSSR count). The molecule has 0 unspecified atom stereocenters. The Labute approximate surface area is 132 Å². The van der Waals surface area contributed by atoms with Gasteiger partial charge in [0, 0.05) is 6.42 Å². The molecule has 112 valence electrons. The average molecular weight is 315 g/mol. The van der Waals surface area contributed by atoms with E-state index in [1.165, 1.54) is 23.5 Å². The number of ketones is 2. The SMILES string of the molecule is Cc1ccsc1C(=O)[C@H](C#N)C(=O)CCc1ccc(F)cc1. The first-order valence-corrected chi connectivity index (χ1v) is 7.66. The fourth-order valence-electron chi connectivity index (χ4n) is 2.10. The second kappa shape index (κ2) is 7.10. The molecule has 5 heteroatoms. The number of nitriles is 1. The summed E-state index contributed by atoms with van der Waals surface area (Å²) in [6, 6.07) is 9.42. The van der Waals surface area contributed by atoms with Crippen molar-refractivity contribution in [1.29, 1.82) is 5.26 Å². The minimum absolute atomic E-state index is 0.0834. The molecule has 22 heavy (non-hydrogen) atoms. The molecule has 0 aliphatic heterocycles. The molecule has 0 saturated carbocycles. The molecule has 0 aliphatic carbocycles. The van der Waals surface area contributed by atoms with Crippen molar-refractivity contribution in [2.45, 2.75) is 19.8 Å². The first kappa shape index (κ1) is 16.1. The van der Waals surface area contributed by atoms with Crippen LogP contribution in [-0.4, -0.2) is 11.6 Å². The van der Waals surface area contributed by atoms with E-state index in [1.54, 1.807) is 30.5 Å². The van der Waals surface area contributed by atoms with Crippen LogP contribution in [0.25, 0.3) is 0 Å². The molecule has 0 aliphatic rings. The van der Waals surface area contributed by atoms with Crippen molar-refractivity contribution in [3.05, 3.63) is 57.5 Å². The number of Topliss-reactive ketones (excluding diaryl/α,β-unsaturated/α-hetero) is 2. The lowest BCUT2D eigenvalue weighted by molar-refractivity contribution is -0.120. The van der Waals surface area contributed by atoms with E-state index in [-0.39, 0.29) is 12.2 Å². The van der Waals surface area contributed by atoms with Gasteiger partial charge in [0.25, 0.3) is 0 Å². The number of rotatable bonds is 6. The van der Waals surface area contributed by atoms with Gasteiger partial charge in [-0.25, -0.2) is 4.39 Å². The van der Waals surface area contributed by atoms with Gasteiger partial charge in [-0.3, -0.25) is 9.59 Å². The molecule has 0 N–H and O–H groups in total. The van der Waals surface area contributed by atoms with Crippen molar-refractivity contribution >= 4 is 22.9 Å². The fourth-order valence-corrected chi connectivity index (χ4v) is 2.99. The van der Waals surface area contributed by atoms with Crippen molar-refractivity contribution in [3.8, 4) is 6.07 Å². The lowest BCUT2D eigenvalue weighted by Crippen LogP contribution is -2.23. The third-order valence-corrected chi connectivity index (χ3v) is 4.40. The monoisotopic (exact) mass is 315 g/mol. The van der Waals surface area contributed by atoms with Gasteiger partial charge in [0.1, 0.15) is 5.82 Å². The van der Waals surface area contributed by atoms with Crippen LogP contribution in [0, 0.1) is 30.0 Å². The van der Waals surface area contributed by atoms with Crippen molar-refractivity contribution in [3.63, 3.8) is 0 Å². The Bertz CT molecular complexity index is 728.